The molecular weight excluding hydrogens is 188 g/mol. The summed E-state index contributed by atoms with van der Waals surface area (Å²) >= 11 is 0. The fourth-order valence-corrected chi connectivity index (χ4v) is 2.39. The minimum atomic E-state index is 0.122. The van der Waals surface area contributed by atoms with Crippen molar-refractivity contribution in [1.82, 2.24) is 5.01 Å². The Kier molecular flexibility index (Phi) is 1.69. The Morgan fingerprint density at radius 1 is 1.33 bits per heavy atom. The van der Waals surface area contributed by atoms with E-state index in [1.807, 2.05) is 12.1 Å². The molecule has 3 heteroatoms. The van der Waals surface area contributed by atoms with Crippen molar-refractivity contribution in [1.29, 1.82) is 0 Å². The smallest absolute Gasteiger partial charge is 0.243 e. The number of benzene rings is 1. The van der Waals surface area contributed by atoms with Gasteiger partial charge in [0.05, 0.1) is 5.71 Å². The molecular formula is C12H12N2O. The van der Waals surface area contributed by atoms with E-state index in [1.54, 1.807) is 7.05 Å². The molecule has 0 saturated carbocycles. The standard InChI is InChI=1S/C12H12N2O/c1-14-11(15)7-9-6-8-4-2-3-5-10(8)12(9)13-14/h2-5,9H,6-7H2,1H3/t9-/m0/s1. The van der Waals surface area contributed by atoms with Crippen LogP contribution in [0.1, 0.15) is 17.5 Å². The molecule has 3 rings (SSSR count). The van der Waals surface area contributed by atoms with Gasteiger partial charge in [-0.2, -0.15) is 5.10 Å². The van der Waals surface area contributed by atoms with Gasteiger partial charge in [0.2, 0.25) is 5.91 Å². The summed E-state index contributed by atoms with van der Waals surface area (Å²) in [5, 5.41) is 5.83. The predicted octanol–water partition coefficient (Wildman–Crippen LogP) is 1.43. The fourth-order valence-electron chi connectivity index (χ4n) is 2.39. The van der Waals surface area contributed by atoms with Gasteiger partial charge in [-0.1, -0.05) is 24.3 Å². The van der Waals surface area contributed by atoms with Crippen molar-refractivity contribution in [2.75, 3.05) is 7.05 Å². The average molecular weight is 200 g/mol. The molecule has 2 aliphatic rings. The number of hydrazone groups is 1. The third-order valence-electron chi connectivity index (χ3n) is 3.19. The van der Waals surface area contributed by atoms with Crippen LogP contribution in [0.3, 0.4) is 0 Å². The Morgan fingerprint density at radius 3 is 3.00 bits per heavy atom. The first-order valence-corrected chi connectivity index (χ1v) is 5.19. The highest BCUT2D eigenvalue weighted by Gasteiger charge is 2.34. The van der Waals surface area contributed by atoms with Gasteiger partial charge in [0.25, 0.3) is 0 Å². The van der Waals surface area contributed by atoms with E-state index < -0.39 is 0 Å². The third-order valence-corrected chi connectivity index (χ3v) is 3.19. The van der Waals surface area contributed by atoms with E-state index in [9.17, 15) is 4.79 Å². The van der Waals surface area contributed by atoms with Gasteiger partial charge in [-0.3, -0.25) is 4.79 Å². The Labute approximate surface area is 88.4 Å². The Balaban J connectivity index is 2.11. The van der Waals surface area contributed by atoms with Crippen molar-refractivity contribution in [3.05, 3.63) is 35.4 Å². The number of rotatable bonds is 0. The van der Waals surface area contributed by atoms with Gasteiger partial charge in [-0.15, -0.1) is 0 Å². The SMILES string of the molecule is CN1N=C2c3ccccc3C[C@H]2CC1=O. The second-order valence-electron chi connectivity index (χ2n) is 4.16. The predicted molar refractivity (Wildman–Crippen MR) is 57.6 cm³/mol. The number of nitrogens with zero attached hydrogens (tertiary/aromatic N) is 2. The molecule has 0 unspecified atom stereocenters. The summed E-state index contributed by atoms with van der Waals surface area (Å²) in [6.45, 7) is 0. The number of carbonyl (C=O) groups excluding carboxylic acids is 1. The summed E-state index contributed by atoms with van der Waals surface area (Å²) in [5.41, 5.74) is 3.64. The molecule has 76 valence electrons. The number of amides is 1. The molecule has 0 radical (unpaired) electrons. The average Bonchev–Trinajstić information content (AvgIpc) is 2.57. The zero-order chi connectivity index (χ0) is 10.4. The first-order chi connectivity index (χ1) is 7.25. The van der Waals surface area contributed by atoms with Gasteiger partial charge in [0.1, 0.15) is 0 Å². The first kappa shape index (κ1) is 8.65. The maximum Gasteiger partial charge on any atom is 0.243 e. The van der Waals surface area contributed by atoms with E-state index in [0.29, 0.717) is 12.3 Å². The van der Waals surface area contributed by atoms with Gasteiger partial charge < -0.3 is 0 Å². The summed E-state index contributed by atoms with van der Waals surface area (Å²) < 4.78 is 0. The Bertz CT molecular complexity index is 464. The number of hydrogen-bond acceptors (Lipinski definition) is 2. The van der Waals surface area contributed by atoms with E-state index >= 15 is 0 Å². The molecule has 1 aromatic rings. The largest absolute Gasteiger partial charge is 0.273 e. The van der Waals surface area contributed by atoms with Gasteiger partial charge in [-0.05, 0) is 12.0 Å². The van der Waals surface area contributed by atoms with Crippen molar-refractivity contribution in [2.45, 2.75) is 12.8 Å². The van der Waals surface area contributed by atoms with Gasteiger partial charge in [0, 0.05) is 24.9 Å². The molecule has 1 atom stereocenters. The van der Waals surface area contributed by atoms with Crippen LogP contribution >= 0.6 is 0 Å². The first-order valence-electron chi connectivity index (χ1n) is 5.19. The van der Waals surface area contributed by atoms with E-state index in [4.69, 9.17) is 0 Å². The molecule has 0 N–H and O–H groups in total. The van der Waals surface area contributed by atoms with Crippen LogP contribution in [0.2, 0.25) is 0 Å². The maximum absolute atomic E-state index is 11.5. The van der Waals surface area contributed by atoms with E-state index in [0.717, 1.165) is 12.1 Å². The molecule has 0 fully saturated rings. The van der Waals surface area contributed by atoms with Gasteiger partial charge in [-0.25, -0.2) is 5.01 Å². The second-order valence-corrected chi connectivity index (χ2v) is 4.16. The molecule has 3 nitrogen and oxygen atoms in total. The summed E-state index contributed by atoms with van der Waals surface area (Å²) in [4.78, 5) is 11.5. The van der Waals surface area contributed by atoms with Crippen LogP contribution in [0.4, 0.5) is 0 Å². The quantitative estimate of drug-likeness (QED) is 0.623. The van der Waals surface area contributed by atoms with E-state index in [-0.39, 0.29) is 5.91 Å². The van der Waals surface area contributed by atoms with E-state index in [2.05, 4.69) is 17.2 Å². The summed E-state index contributed by atoms with van der Waals surface area (Å²) in [6.07, 6.45) is 1.57. The lowest BCUT2D eigenvalue weighted by Crippen LogP contribution is -2.33. The van der Waals surface area contributed by atoms with Gasteiger partial charge in [0.15, 0.2) is 0 Å². The lowest BCUT2D eigenvalue weighted by atomic mass is 9.98. The van der Waals surface area contributed by atoms with Crippen LogP contribution in [0.15, 0.2) is 29.4 Å². The lowest BCUT2D eigenvalue weighted by Gasteiger charge is -2.22. The van der Waals surface area contributed by atoms with Crippen molar-refractivity contribution in [3.8, 4) is 0 Å². The molecule has 1 aromatic carbocycles. The highest BCUT2D eigenvalue weighted by Crippen LogP contribution is 2.32. The second kappa shape index (κ2) is 2.92. The Morgan fingerprint density at radius 2 is 2.13 bits per heavy atom. The number of hydrogen-bond donors (Lipinski definition) is 0. The molecule has 0 spiro atoms. The van der Waals surface area contributed by atoms with Crippen molar-refractivity contribution >= 4 is 11.6 Å². The Hall–Kier alpha value is -1.64. The normalized spacial score (nSPS) is 23.5. The highest BCUT2D eigenvalue weighted by molar-refractivity contribution is 6.09. The van der Waals surface area contributed by atoms with Crippen LogP contribution in [0.25, 0.3) is 0 Å². The van der Waals surface area contributed by atoms with Crippen LogP contribution in [0.5, 0.6) is 0 Å². The van der Waals surface area contributed by atoms with Crippen LogP contribution in [0, 0.1) is 5.92 Å². The molecule has 15 heavy (non-hydrogen) atoms. The number of carbonyl (C=O) groups is 1. The minimum absolute atomic E-state index is 0.122. The number of fused-ring (bicyclic) bond motifs is 3. The molecule has 1 heterocycles. The summed E-state index contributed by atoms with van der Waals surface area (Å²) in [6, 6.07) is 8.29. The lowest BCUT2D eigenvalue weighted by molar-refractivity contribution is -0.131. The molecule has 0 saturated heterocycles. The van der Waals surface area contributed by atoms with Crippen LogP contribution in [-0.4, -0.2) is 23.7 Å². The van der Waals surface area contributed by atoms with E-state index in [1.165, 1.54) is 16.1 Å². The maximum atomic E-state index is 11.5. The third kappa shape index (κ3) is 1.19. The molecule has 1 aliphatic heterocycles. The monoisotopic (exact) mass is 200 g/mol. The van der Waals surface area contributed by atoms with Crippen LogP contribution in [-0.2, 0) is 11.2 Å². The van der Waals surface area contributed by atoms with Crippen molar-refractivity contribution in [3.63, 3.8) is 0 Å². The summed E-state index contributed by atoms with van der Waals surface area (Å²) in [5.74, 6) is 0.433. The fraction of sp³-hybridized carbons (Fsp3) is 0.333. The topological polar surface area (TPSA) is 32.7 Å². The highest BCUT2D eigenvalue weighted by atomic mass is 16.2. The van der Waals surface area contributed by atoms with Crippen molar-refractivity contribution in [2.24, 2.45) is 11.0 Å². The zero-order valence-electron chi connectivity index (χ0n) is 8.60. The van der Waals surface area contributed by atoms with Crippen LogP contribution < -0.4 is 0 Å². The van der Waals surface area contributed by atoms with Gasteiger partial charge >= 0.3 is 0 Å². The molecule has 1 amide bonds. The summed E-state index contributed by atoms with van der Waals surface area (Å²) in [7, 11) is 1.73. The minimum Gasteiger partial charge on any atom is -0.273 e. The van der Waals surface area contributed by atoms with Crippen molar-refractivity contribution < 1.29 is 4.79 Å². The molecule has 0 bridgehead atoms. The zero-order valence-corrected chi connectivity index (χ0v) is 8.60. The molecule has 1 aliphatic carbocycles. The molecule has 0 aromatic heterocycles.